The number of carbonyl (C=O) groups excluding carboxylic acids is 1. The SMILES string of the molecule is CCNC(=O)C1CNCCN1CC. The molecule has 0 aromatic heterocycles. The van der Waals surface area contributed by atoms with Crippen LogP contribution in [0.2, 0.25) is 0 Å². The Bertz CT molecular complexity index is 172. The van der Waals surface area contributed by atoms with Crippen LogP contribution in [0.5, 0.6) is 0 Å². The van der Waals surface area contributed by atoms with Gasteiger partial charge in [-0.2, -0.15) is 0 Å². The van der Waals surface area contributed by atoms with Crippen LogP contribution in [0.4, 0.5) is 0 Å². The third-order valence-corrected chi connectivity index (χ3v) is 2.41. The summed E-state index contributed by atoms with van der Waals surface area (Å²) in [4.78, 5) is 13.8. The van der Waals surface area contributed by atoms with Crippen molar-refractivity contribution in [2.75, 3.05) is 32.7 Å². The van der Waals surface area contributed by atoms with Crippen molar-refractivity contribution < 1.29 is 4.79 Å². The van der Waals surface area contributed by atoms with Crippen molar-refractivity contribution in [3.63, 3.8) is 0 Å². The number of likely N-dealkylation sites (N-methyl/N-ethyl adjacent to an activating group) is 2. The van der Waals surface area contributed by atoms with Crippen LogP contribution in [0, 0.1) is 0 Å². The average molecular weight is 185 g/mol. The van der Waals surface area contributed by atoms with Crippen LogP contribution < -0.4 is 10.6 Å². The second kappa shape index (κ2) is 5.19. The van der Waals surface area contributed by atoms with Gasteiger partial charge in [-0.3, -0.25) is 9.69 Å². The van der Waals surface area contributed by atoms with Crippen LogP contribution in [-0.2, 0) is 4.79 Å². The van der Waals surface area contributed by atoms with E-state index in [9.17, 15) is 4.79 Å². The summed E-state index contributed by atoms with van der Waals surface area (Å²) >= 11 is 0. The number of nitrogens with zero attached hydrogens (tertiary/aromatic N) is 1. The van der Waals surface area contributed by atoms with Crippen molar-refractivity contribution in [1.29, 1.82) is 0 Å². The first kappa shape index (κ1) is 10.5. The smallest absolute Gasteiger partial charge is 0.238 e. The predicted molar refractivity (Wildman–Crippen MR) is 52.6 cm³/mol. The zero-order valence-corrected chi connectivity index (χ0v) is 8.47. The van der Waals surface area contributed by atoms with Gasteiger partial charge in [0.2, 0.25) is 5.91 Å². The highest BCUT2D eigenvalue weighted by Gasteiger charge is 2.26. The van der Waals surface area contributed by atoms with Crippen LogP contribution in [0.3, 0.4) is 0 Å². The van der Waals surface area contributed by atoms with Crippen molar-refractivity contribution in [1.82, 2.24) is 15.5 Å². The molecule has 1 fully saturated rings. The first-order valence-corrected chi connectivity index (χ1v) is 5.02. The van der Waals surface area contributed by atoms with Gasteiger partial charge in [-0.1, -0.05) is 6.92 Å². The topological polar surface area (TPSA) is 44.4 Å². The lowest BCUT2D eigenvalue weighted by Crippen LogP contribution is -2.57. The number of hydrogen-bond acceptors (Lipinski definition) is 3. The van der Waals surface area contributed by atoms with Gasteiger partial charge in [0.25, 0.3) is 0 Å². The quantitative estimate of drug-likeness (QED) is 0.618. The van der Waals surface area contributed by atoms with Crippen molar-refractivity contribution in [2.24, 2.45) is 0 Å². The summed E-state index contributed by atoms with van der Waals surface area (Å²) in [6.07, 6.45) is 0. The van der Waals surface area contributed by atoms with Crippen molar-refractivity contribution in [2.45, 2.75) is 19.9 Å². The van der Waals surface area contributed by atoms with E-state index < -0.39 is 0 Å². The predicted octanol–water partition coefficient (Wildman–Crippen LogP) is -0.584. The summed E-state index contributed by atoms with van der Waals surface area (Å²) in [5.74, 6) is 0.150. The van der Waals surface area contributed by atoms with E-state index in [1.165, 1.54) is 0 Å². The van der Waals surface area contributed by atoms with E-state index in [4.69, 9.17) is 0 Å². The van der Waals surface area contributed by atoms with Crippen LogP contribution in [0.15, 0.2) is 0 Å². The number of amides is 1. The first-order chi connectivity index (χ1) is 6.29. The fourth-order valence-electron chi connectivity index (χ4n) is 1.68. The van der Waals surface area contributed by atoms with Gasteiger partial charge in [-0.15, -0.1) is 0 Å². The van der Waals surface area contributed by atoms with Gasteiger partial charge in [0, 0.05) is 26.2 Å². The molecule has 2 N–H and O–H groups in total. The van der Waals surface area contributed by atoms with Gasteiger partial charge in [-0.05, 0) is 13.5 Å². The molecule has 1 heterocycles. The van der Waals surface area contributed by atoms with Crippen LogP contribution >= 0.6 is 0 Å². The fourth-order valence-corrected chi connectivity index (χ4v) is 1.68. The zero-order chi connectivity index (χ0) is 9.68. The monoisotopic (exact) mass is 185 g/mol. The van der Waals surface area contributed by atoms with Gasteiger partial charge < -0.3 is 10.6 Å². The Morgan fingerprint density at radius 1 is 1.62 bits per heavy atom. The average Bonchev–Trinajstić information content (AvgIpc) is 2.18. The highest BCUT2D eigenvalue weighted by molar-refractivity contribution is 5.82. The molecule has 4 nitrogen and oxygen atoms in total. The highest BCUT2D eigenvalue weighted by Crippen LogP contribution is 2.02. The minimum Gasteiger partial charge on any atom is -0.355 e. The number of carbonyl (C=O) groups is 1. The molecule has 1 saturated heterocycles. The standard InChI is InChI=1S/C9H19N3O/c1-3-11-9(13)8-7-10-5-6-12(8)4-2/h8,10H,3-7H2,1-2H3,(H,11,13). The van der Waals surface area contributed by atoms with E-state index in [0.29, 0.717) is 6.54 Å². The molecular formula is C9H19N3O. The first-order valence-electron chi connectivity index (χ1n) is 5.02. The van der Waals surface area contributed by atoms with Crippen LogP contribution in [0.1, 0.15) is 13.8 Å². The minimum atomic E-state index is 0.0266. The summed E-state index contributed by atoms with van der Waals surface area (Å²) in [6, 6.07) is 0.0266. The molecule has 1 rings (SSSR count). The lowest BCUT2D eigenvalue weighted by molar-refractivity contribution is -0.126. The zero-order valence-electron chi connectivity index (χ0n) is 8.47. The Morgan fingerprint density at radius 3 is 3.00 bits per heavy atom. The fraction of sp³-hybridized carbons (Fsp3) is 0.889. The third-order valence-electron chi connectivity index (χ3n) is 2.41. The molecule has 0 spiro atoms. The molecule has 1 aliphatic rings. The third kappa shape index (κ3) is 2.67. The molecule has 13 heavy (non-hydrogen) atoms. The molecule has 1 amide bonds. The Kier molecular flexibility index (Phi) is 4.18. The molecule has 1 unspecified atom stereocenters. The van der Waals surface area contributed by atoms with E-state index in [2.05, 4.69) is 22.5 Å². The number of hydrogen-bond donors (Lipinski definition) is 2. The Morgan fingerprint density at radius 2 is 2.38 bits per heavy atom. The number of rotatable bonds is 3. The van der Waals surface area contributed by atoms with Gasteiger partial charge in [0.15, 0.2) is 0 Å². The Hall–Kier alpha value is -0.610. The molecular weight excluding hydrogens is 166 g/mol. The maximum absolute atomic E-state index is 11.6. The molecule has 0 saturated carbocycles. The van der Waals surface area contributed by atoms with E-state index >= 15 is 0 Å². The van der Waals surface area contributed by atoms with Crippen LogP contribution in [0.25, 0.3) is 0 Å². The lowest BCUT2D eigenvalue weighted by atomic mass is 10.2. The molecule has 1 atom stereocenters. The van der Waals surface area contributed by atoms with Gasteiger partial charge in [0.1, 0.15) is 6.04 Å². The molecule has 4 heteroatoms. The van der Waals surface area contributed by atoms with E-state index in [-0.39, 0.29) is 11.9 Å². The number of nitrogens with one attached hydrogen (secondary N) is 2. The number of piperazine rings is 1. The summed E-state index contributed by atoms with van der Waals surface area (Å²) in [7, 11) is 0. The molecule has 0 bridgehead atoms. The van der Waals surface area contributed by atoms with Gasteiger partial charge in [-0.25, -0.2) is 0 Å². The van der Waals surface area contributed by atoms with E-state index in [0.717, 1.165) is 26.2 Å². The largest absolute Gasteiger partial charge is 0.355 e. The summed E-state index contributed by atoms with van der Waals surface area (Å²) in [5, 5.41) is 6.09. The van der Waals surface area contributed by atoms with Gasteiger partial charge in [0.05, 0.1) is 0 Å². The molecule has 1 aliphatic heterocycles. The maximum atomic E-state index is 11.6. The summed E-state index contributed by atoms with van der Waals surface area (Å²) in [5.41, 5.74) is 0. The van der Waals surface area contributed by atoms with Gasteiger partial charge >= 0.3 is 0 Å². The summed E-state index contributed by atoms with van der Waals surface area (Å²) in [6.45, 7) is 8.44. The molecule has 0 aliphatic carbocycles. The molecule has 0 radical (unpaired) electrons. The molecule has 76 valence electrons. The van der Waals surface area contributed by atoms with E-state index in [1.807, 2.05) is 6.92 Å². The maximum Gasteiger partial charge on any atom is 0.238 e. The van der Waals surface area contributed by atoms with E-state index in [1.54, 1.807) is 0 Å². The summed E-state index contributed by atoms with van der Waals surface area (Å²) < 4.78 is 0. The Balaban J connectivity index is 2.48. The second-order valence-electron chi connectivity index (χ2n) is 3.24. The second-order valence-corrected chi connectivity index (χ2v) is 3.24. The lowest BCUT2D eigenvalue weighted by Gasteiger charge is -2.34. The Labute approximate surface area is 79.7 Å². The van der Waals surface area contributed by atoms with Crippen molar-refractivity contribution in [3.8, 4) is 0 Å². The highest BCUT2D eigenvalue weighted by atomic mass is 16.2. The normalized spacial score (nSPS) is 24.3. The van der Waals surface area contributed by atoms with Crippen LogP contribution in [-0.4, -0.2) is 49.6 Å². The molecule has 0 aromatic carbocycles. The minimum absolute atomic E-state index is 0.0266. The van der Waals surface area contributed by atoms with Crippen molar-refractivity contribution >= 4 is 5.91 Å². The molecule has 0 aromatic rings. The van der Waals surface area contributed by atoms with Crippen molar-refractivity contribution in [3.05, 3.63) is 0 Å².